The SMILES string of the molecule is c1nnc(C2CCCN2)n1C1CCCCC1. The second-order valence-electron chi connectivity index (χ2n) is 5.04. The number of hydrogen-bond donors (Lipinski definition) is 1. The zero-order chi connectivity index (χ0) is 10.8. The van der Waals surface area contributed by atoms with E-state index in [9.17, 15) is 0 Å². The summed E-state index contributed by atoms with van der Waals surface area (Å²) in [7, 11) is 0. The average molecular weight is 220 g/mol. The van der Waals surface area contributed by atoms with Gasteiger partial charge in [0.15, 0.2) is 0 Å². The highest BCUT2D eigenvalue weighted by Gasteiger charge is 2.25. The molecule has 0 radical (unpaired) electrons. The van der Waals surface area contributed by atoms with E-state index in [1.54, 1.807) is 0 Å². The van der Waals surface area contributed by atoms with Crippen molar-refractivity contribution in [3.63, 3.8) is 0 Å². The summed E-state index contributed by atoms with van der Waals surface area (Å²) in [5, 5.41) is 12.0. The summed E-state index contributed by atoms with van der Waals surface area (Å²) in [6, 6.07) is 1.10. The zero-order valence-corrected chi connectivity index (χ0v) is 9.73. The van der Waals surface area contributed by atoms with Gasteiger partial charge in [0.1, 0.15) is 12.2 Å². The Balaban J connectivity index is 1.80. The third-order valence-corrected chi connectivity index (χ3v) is 3.94. The highest BCUT2D eigenvalue weighted by Crippen LogP contribution is 2.31. The lowest BCUT2D eigenvalue weighted by Crippen LogP contribution is -2.21. The third kappa shape index (κ3) is 1.86. The first-order valence-corrected chi connectivity index (χ1v) is 6.58. The monoisotopic (exact) mass is 220 g/mol. The summed E-state index contributed by atoms with van der Waals surface area (Å²) in [5.74, 6) is 1.17. The van der Waals surface area contributed by atoms with Crippen LogP contribution in [-0.4, -0.2) is 21.3 Å². The molecule has 2 fully saturated rings. The van der Waals surface area contributed by atoms with Crippen molar-refractivity contribution in [3.05, 3.63) is 12.2 Å². The molecular weight excluding hydrogens is 200 g/mol. The summed E-state index contributed by atoms with van der Waals surface area (Å²) in [5.41, 5.74) is 0. The Bertz CT molecular complexity index is 335. The van der Waals surface area contributed by atoms with E-state index in [0.717, 1.165) is 6.54 Å². The summed E-state index contributed by atoms with van der Waals surface area (Å²) in [4.78, 5) is 0. The molecule has 2 aliphatic rings. The second-order valence-corrected chi connectivity index (χ2v) is 5.04. The van der Waals surface area contributed by atoms with Gasteiger partial charge in [-0.3, -0.25) is 0 Å². The topological polar surface area (TPSA) is 42.7 Å². The molecule has 16 heavy (non-hydrogen) atoms. The molecule has 1 N–H and O–H groups in total. The predicted octanol–water partition coefficient (Wildman–Crippen LogP) is 2.21. The Labute approximate surface area is 96.4 Å². The fourth-order valence-corrected chi connectivity index (χ4v) is 3.05. The Morgan fingerprint density at radius 1 is 1.12 bits per heavy atom. The van der Waals surface area contributed by atoms with Crippen LogP contribution in [0.2, 0.25) is 0 Å². The molecule has 0 bridgehead atoms. The predicted molar refractivity (Wildman–Crippen MR) is 62.1 cm³/mol. The maximum absolute atomic E-state index is 4.32. The van der Waals surface area contributed by atoms with Gasteiger partial charge < -0.3 is 9.88 Å². The van der Waals surface area contributed by atoms with Crippen molar-refractivity contribution in [2.45, 2.75) is 57.0 Å². The van der Waals surface area contributed by atoms with E-state index in [1.165, 1.54) is 50.8 Å². The number of aromatic nitrogens is 3. The Hall–Kier alpha value is -0.900. The van der Waals surface area contributed by atoms with Crippen molar-refractivity contribution < 1.29 is 0 Å². The molecule has 1 saturated heterocycles. The normalized spacial score (nSPS) is 27.4. The molecular formula is C12H20N4. The lowest BCUT2D eigenvalue weighted by Gasteiger charge is -2.25. The van der Waals surface area contributed by atoms with Crippen LogP contribution in [0.15, 0.2) is 6.33 Å². The van der Waals surface area contributed by atoms with Crippen molar-refractivity contribution in [1.82, 2.24) is 20.1 Å². The van der Waals surface area contributed by atoms with Gasteiger partial charge in [-0.2, -0.15) is 0 Å². The molecule has 3 rings (SSSR count). The van der Waals surface area contributed by atoms with Gasteiger partial charge in [-0.15, -0.1) is 10.2 Å². The fourth-order valence-electron chi connectivity index (χ4n) is 3.05. The third-order valence-electron chi connectivity index (χ3n) is 3.94. The minimum absolute atomic E-state index is 0.449. The average Bonchev–Trinajstić information content (AvgIpc) is 3.01. The van der Waals surface area contributed by atoms with Crippen LogP contribution in [0.5, 0.6) is 0 Å². The van der Waals surface area contributed by atoms with E-state index in [4.69, 9.17) is 0 Å². The van der Waals surface area contributed by atoms with Crippen LogP contribution in [0.3, 0.4) is 0 Å². The molecule has 2 heterocycles. The number of hydrogen-bond acceptors (Lipinski definition) is 3. The van der Waals surface area contributed by atoms with E-state index in [0.29, 0.717) is 12.1 Å². The van der Waals surface area contributed by atoms with Crippen molar-refractivity contribution in [1.29, 1.82) is 0 Å². The standard InChI is InChI=1S/C12H20N4/c1-2-5-10(6-3-1)16-9-14-15-12(16)11-7-4-8-13-11/h9-11,13H,1-8H2. The maximum atomic E-state index is 4.32. The highest BCUT2D eigenvalue weighted by atomic mass is 15.3. The van der Waals surface area contributed by atoms with Gasteiger partial charge >= 0.3 is 0 Å². The minimum atomic E-state index is 0.449. The van der Waals surface area contributed by atoms with Gasteiger partial charge in [0, 0.05) is 6.04 Å². The number of nitrogens with one attached hydrogen (secondary N) is 1. The van der Waals surface area contributed by atoms with Crippen LogP contribution in [0.25, 0.3) is 0 Å². The molecule has 0 spiro atoms. The van der Waals surface area contributed by atoms with Crippen LogP contribution in [0.4, 0.5) is 0 Å². The smallest absolute Gasteiger partial charge is 0.150 e. The molecule has 0 amide bonds. The van der Waals surface area contributed by atoms with E-state index < -0.39 is 0 Å². The number of rotatable bonds is 2. The van der Waals surface area contributed by atoms with Gasteiger partial charge in [0.2, 0.25) is 0 Å². The highest BCUT2D eigenvalue weighted by molar-refractivity contribution is 5.00. The van der Waals surface area contributed by atoms with Crippen LogP contribution in [-0.2, 0) is 0 Å². The molecule has 1 aliphatic carbocycles. The van der Waals surface area contributed by atoms with E-state index in [2.05, 4.69) is 20.1 Å². The second kappa shape index (κ2) is 4.53. The van der Waals surface area contributed by atoms with Crippen molar-refractivity contribution in [2.75, 3.05) is 6.54 Å². The molecule has 1 unspecified atom stereocenters. The van der Waals surface area contributed by atoms with E-state index in [1.807, 2.05) is 6.33 Å². The lowest BCUT2D eigenvalue weighted by atomic mass is 9.95. The van der Waals surface area contributed by atoms with E-state index in [-0.39, 0.29) is 0 Å². The van der Waals surface area contributed by atoms with Crippen LogP contribution in [0, 0.1) is 0 Å². The number of nitrogens with zero attached hydrogens (tertiary/aromatic N) is 3. The van der Waals surface area contributed by atoms with Crippen LogP contribution >= 0.6 is 0 Å². The molecule has 0 aromatic carbocycles. The molecule has 1 aromatic heterocycles. The Morgan fingerprint density at radius 3 is 2.75 bits per heavy atom. The van der Waals surface area contributed by atoms with Gasteiger partial charge in [-0.1, -0.05) is 19.3 Å². The molecule has 1 atom stereocenters. The van der Waals surface area contributed by atoms with Gasteiger partial charge in [-0.25, -0.2) is 0 Å². The lowest BCUT2D eigenvalue weighted by molar-refractivity contribution is 0.337. The summed E-state index contributed by atoms with van der Waals surface area (Å²) in [6.45, 7) is 1.13. The molecule has 1 aliphatic heterocycles. The van der Waals surface area contributed by atoms with Crippen molar-refractivity contribution in [2.24, 2.45) is 0 Å². The Kier molecular flexibility index (Phi) is 2.91. The first kappa shape index (κ1) is 10.3. The quantitative estimate of drug-likeness (QED) is 0.831. The largest absolute Gasteiger partial charge is 0.313 e. The molecule has 1 saturated carbocycles. The summed E-state index contributed by atoms with van der Waals surface area (Å²) in [6.07, 6.45) is 11.1. The first-order chi connectivity index (χ1) is 7.95. The molecule has 4 nitrogen and oxygen atoms in total. The first-order valence-electron chi connectivity index (χ1n) is 6.58. The minimum Gasteiger partial charge on any atom is -0.313 e. The van der Waals surface area contributed by atoms with Crippen LogP contribution < -0.4 is 5.32 Å². The fraction of sp³-hybridized carbons (Fsp3) is 0.833. The molecule has 88 valence electrons. The zero-order valence-electron chi connectivity index (χ0n) is 9.73. The molecule has 4 heteroatoms. The van der Waals surface area contributed by atoms with Crippen LogP contribution in [0.1, 0.15) is 62.9 Å². The summed E-state index contributed by atoms with van der Waals surface area (Å²) < 4.78 is 2.34. The summed E-state index contributed by atoms with van der Waals surface area (Å²) >= 11 is 0. The Morgan fingerprint density at radius 2 is 2.00 bits per heavy atom. The van der Waals surface area contributed by atoms with Gasteiger partial charge in [0.25, 0.3) is 0 Å². The van der Waals surface area contributed by atoms with Gasteiger partial charge in [0.05, 0.1) is 6.04 Å². The van der Waals surface area contributed by atoms with Gasteiger partial charge in [-0.05, 0) is 32.2 Å². The van der Waals surface area contributed by atoms with Crippen molar-refractivity contribution >= 4 is 0 Å². The molecule has 1 aromatic rings. The maximum Gasteiger partial charge on any atom is 0.150 e. The van der Waals surface area contributed by atoms with E-state index >= 15 is 0 Å². The van der Waals surface area contributed by atoms with Crippen molar-refractivity contribution in [3.8, 4) is 0 Å².